The third-order valence-electron chi connectivity index (χ3n) is 3.35. The van der Waals surface area contributed by atoms with Gasteiger partial charge in [0.05, 0.1) is 6.10 Å². The highest BCUT2D eigenvalue weighted by atomic mass is 16.5. The molecule has 1 saturated heterocycles. The smallest absolute Gasteiger partial charge is 0.0770 e. The van der Waals surface area contributed by atoms with Gasteiger partial charge in [0.1, 0.15) is 0 Å². The second-order valence-electron chi connectivity index (χ2n) is 4.13. The monoisotopic (exact) mass is 169 g/mol. The van der Waals surface area contributed by atoms with E-state index in [1.54, 1.807) is 0 Å². The maximum absolute atomic E-state index is 5.77. The Hall–Kier alpha value is -0.0800. The van der Waals surface area contributed by atoms with Crippen LogP contribution in [0.1, 0.15) is 26.7 Å². The first-order chi connectivity index (χ1) is 5.80. The summed E-state index contributed by atoms with van der Waals surface area (Å²) in [6, 6.07) is 0. The largest absolute Gasteiger partial charge is 0.377 e. The van der Waals surface area contributed by atoms with Gasteiger partial charge in [0.25, 0.3) is 0 Å². The third-order valence-corrected chi connectivity index (χ3v) is 3.35. The van der Waals surface area contributed by atoms with Gasteiger partial charge in [-0.1, -0.05) is 6.92 Å². The van der Waals surface area contributed by atoms with Crippen LogP contribution in [0.5, 0.6) is 0 Å². The van der Waals surface area contributed by atoms with Crippen molar-refractivity contribution in [2.24, 2.45) is 5.41 Å². The number of likely N-dealkylation sites (N-methyl/N-ethyl adjacent to an activating group) is 1. The van der Waals surface area contributed by atoms with Crippen molar-refractivity contribution in [3.8, 4) is 0 Å². The van der Waals surface area contributed by atoms with E-state index in [0.29, 0.717) is 11.5 Å². The summed E-state index contributed by atoms with van der Waals surface area (Å²) in [6.45, 7) is 8.86. The lowest BCUT2D eigenvalue weighted by atomic mass is 10.0. The van der Waals surface area contributed by atoms with Gasteiger partial charge in [-0.3, -0.25) is 0 Å². The first-order valence-electron chi connectivity index (χ1n) is 5.14. The number of hydrogen-bond donors (Lipinski definition) is 0. The Morgan fingerprint density at radius 1 is 1.42 bits per heavy atom. The summed E-state index contributed by atoms with van der Waals surface area (Å²) >= 11 is 0. The average Bonchev–Trinajstić information content (AvgIpc) is 2.74. The summed E-state index contributed by atoms with van der Waals surface area (Å²) in [5.41, 5.74) is 0.589. The molecule has 0 radical (unpaired) electrons. The van der Waals surface area contributed by atoms with Crippen molar-refractivity contribution < 1.29 is 4.74 Å². The Balaban J connectivity index is 1.95. The predicted molar refractivity (Wildman–Crippen MR) is 49.2 cm³/mol. The van der Waals surface area contributed by atoms with Crippen LogP contribution in [-0.4, -0.2) is 37.2 Å². The average molecular weight is 169 g/mol. The fraction of sp³-hybridized carbons (Fsp3) is 1.00. The minimum atomic E-state index is 0.544. The van der Waals surface area contributed by atoms with Crippen LogP contribution in [0, 0.1) is 5.41 Å². The van der Waals surface area contributed by atoms with Crippen molar-refractivity contribution in [2.45, 2.75) is 32.8 Å². The normalized spacial score (nSPS) is 33.0. The number of rotatable bonds is 3. The lowest BCUT2D eigenvalue weighted by Crippen LogP contribution is -2.24. The van der Waals surface area contributed by atoms with E-state index < -0.39 is 0 Å². The zero-order valence-electron chi connectivity index (χ0n) is 8.18. The fourth-order valence-electron chi connectivity index (χ4n) is 2.35. The molecule has 0 amide bonds. The van der Waals surface area contributed by atoms with E-state index in [-0.39, 0.29) is 0 Å². The first-order valence-corrected chi connectivity index (χ1v) is 5.14. The van der Waals surface area contributed by atoms with Crippen molar-refractivity contribution in [1.82, 2.24) is 4.90 Å². The van der Waals surface area contributed by atoms with Crippen LogP contribution in [0.4, 0.5) is 0 Å². The highest BCUT2D eigenvalue weighted by Gasteiger charge is 2.55. The molecule has 1 unspecified atom stereocenters. The molecule has 12 heavy (non-hydrogen) atoms. The van der Waals surface area contributed by atoms with Gasteiger partial charge in [-0.05, 0) is 26.3 Å². The molecule has 2 aliphatic rings. The minimum Gasteiger partial charge on any atom is -0.377 e. The van der Waals surface area contributed by atoms with Gasteiger partial charge in [-0.2, -0.15) is 0 Å². The molecule has 1 aliphatic carbocycles. The fourth-order valence-corrected chi connectivity index (χ4v) is 2.35. The van der Waals surface area contributed by atoms with Gasteiger partial charge in [-0.25, -0.2) is 0 Å². The zero-order chi connectivity index (χ0) is 8.60. The van der Waals surface area contributed by atoms with Crippen LogP contribution in [0.3, 0.4) is 0 Å². The molecule has 2 fully saturated rings. The summed E-state index contributed by atoms with van der Waals surface area (Å²) in [7, 11) is 0. The molecule has 1 saturated carbocycles. The second-order valence-corrected chi connectivity index (χ2v) is 4.13. The Labute approximate surface area is 74.9 Å². The predicted octanol–water partition coefficient (Wildman–Crippen LogP) is 1.51. The molecule has 0 N–H and O–H groups in total. The maximum atomic E-state index is 5.77. The maximum Gasteiger partial charge on any atom is 0.0770 e. The molecular weight excluding hydrogens is 150 g/mol. The van der Waals surface area contributed by atoms with Crippen molar-refractivity contribution >= 4 is 0 Å². The zero-order valence-corrected chi connectivity index (χ0v) is 8.18. The van der Waals surface area contributed by atoms with Crippen molar-refractivity contribution in [3.05, 3.63) is 0 Å². The molecule has 0 bridgehead atoms. The molecule has 2 nitrogen and oxygen atoms in total. The van der Waals surface area contributed by atoms with E-state index in [0.717, 1.165) is 6.61 Å². The van der Waals surface area contributed by atoms with Gasteiger partial charge < -0.3 is 9.64 Å². The van der Waals surface area contributed by atoms with Crippen molar-refractivity contribution in [3.63, 3.8) is 0 Å². The topological polar surface area (TPSA) is 12.5 Å². The highest BCUT2D eigenvalue weighted by Crippen LogP contribution is 2.53. The van der Waals surface area contributed by atoms with Crippen LogP contribution in [-0.2, 0) is 4.74 Å². The molecule has 1 spiro atoms. The second kappa shape index (κ2) is 3.00. The van der Waals surface area contributed by atoms with Crippen LogP contribution in [0.15, 0.2) is 0 Å². The Morgan fingerprint density at radius 3 is 2.67 bits per heavy atom. The van der Waals surface area contributed by atoms with E-state index >= 15 is 0 Å². The molecule has 0 aromatic heterocycles. The van der Waals surface area contributed by atoms with Crippen LogP contribution in [0.2, 0.25) is 0 Å². The molecule has 70 valence electrons. The van der Waals surface area contributed by atoms with Crippen LogP contribution < -0.4 is 0 Å². The minimum absolute atomic E-state index is 0.544. The standard InChI is InChI=1S/C10H19NO/c1-3-11-7-9(12-4-2)10(8-11)5-6-10/h9H,3-8H2,1-2H3. The van der Waals surface area contributed by atoms with Gasteiger partial charge in [0.2, 0.25) is 0 Å². The Kier molecular flexibility index (Phi) is 2.13. The molecule has 1 atom stereocenters. The summed E-state index contributed by atoms with van der Waals surface area (Å²) < 4.78 is 5.77. The SMILES string of the molecule is CCOC1CN(CC)CC12CC2. The Morgan fingerprint density at radius 2 is 2.17 bits per heavy atom. The van der Waals surface area contributed by atoms with Gasteiger partial charge in [-0.15, -0.1) is 0 Å². The lowest BCUT2D eigenvalue weighted by Gasteiger charge is -2.16. The van der Waals surface area contributed by atoms with Crippen LogP contribution >= 0.6 is 0 Å². The molecule has 0 aromatic rings. The van der Waals surface area contributed by atoms with Gasteiger partial charge in [0, 0.05) is 25.1 Å². The van der Waals surface area contributed by atoms with Crippen molar-refractivity contribution in [2.75, 3.05) is 26.2 Å². The molecule has 1 aliphatic heterocycles. The van der Waals surface area contributed by atoms with E-state index in [1.165, 1.54) is 32.5 Å². The number of hydrogen-bond acceptors (Lipinski definition) is 2. The van der Waals surface area contributed by atoms with Crippen LogP contribution in [0.25, 0.3) is 0 Å². The third kappa shape index (κ3) is 1.27. The molecule has 2 heteroatoms. The molecular formula is C10H19NO. The number of likely N-dealkylation sites (tertiary alicyclic amines) is 1. The number of nitrogens with zero attached hydrogens (tertiary/aromatic N) is 1. The van der Waals surface area contributed by atoms with E-state index in [2.05, 4.69) is 18.7 Å². The quantitative estimate of drug-likeness (QED) is 0.635. The van der Waals surface area contributed by atoms with E-state index in [9.17, 15) is 0 Å². The van der Waals surface area contributed by atoms with Gasteiger partial charge in [0.15, 0.2) is 0 Å². The number of ether oxygens (including phenoxy) is 1. The first kappa shape index (κ1) is 8.52. The van der Waals surface area contributed by atoms with Gasteiger partial charge >= 0.3 is 0 Å². The Bertz CT molecular complexity index is 165. The lowest BCUT2D eigenvalue weighted by molar-refractivity contribution is 0.0352. The van der Waals surface area contributed by atoms with E-state index in [4.69, 9.17) is 4.74 Å². The molecule has 0 aromatic carbocycles. The molecule has 2 rings (SSSR count). The summed E-state index contributed by atoms with van der Waals surface area (Å²) in [6.07, 6.45) is 3.34. The van der Waals surface area contributed by atoms with Crippen molar-refractivity contribution in [1.29, 1.82) is 0 Å². The summed E-state index contributed by atoms with van der Waals surface area (Å²) in [4.78, 5) is 2.52. The summed E-state index contributed by atoms with van der Waals surface area (Å²) in [5, 5.41) is 0. The van der Waals surface area contributed by atoms with E-state index in [1.807, 2.05) is 0 Å². The molecule has 1 heterocycles. The summed E-state index contributed by atoms with van der Waals surface area (Å²) in [5.74, 6) is 0. The highest BCUT2D eigenvalue weighted by molar-refractivity contribution is 5.07.